The maximum absolute atomic E-state index is 14.5. The molecule has 0 saturated heterocycles. The lowest BCUT2D eigenvalue weighted by molar-refractivity contribution is -0.141. The van der Waals surface area contributed by atoms with E-state index in [0.29, 0.717) is 24.3 Å². The average molecular weight is 550 g/mol. The SMILES string of the molecule is Nc1ccc(F)c(Oc2cc(F)c(C(F)(F)F)c(Oc3c(F)ccc(N)c3C(F)(F)F)c2)c1C(F)(F)F. The fraction of sp³-hybridized carbons (Fsp3) is 0.143. The summed E-state index contributed by atoms with van der Waals surface area (Å²) in [5.41, 5.74) is 1.73. The van der Waals surface area contributed by atoms with Gasteiger partial charge in [0.05, 0.1) is 0 Å². The van der Waals surface area contributed by atoms with Crippen molar-refractivity contribution in [3.63, 3.8) is 0 Å². The van der Waals surface area contributed by atoms with Crippen molar-refractivity contribution in [3.05, 3.63) is 70.5 Å². The van der Waals surface area contributed by atoms with Gasteiger partial charge in [0.2, 0.25) is 0 Å². The number of nitrogen functional groups attached to an aromatic ring is 2. The Morgan fingerprint density at radius 3 is 1.32 bits per heavy atom. The Kier molecular flexibility index (Phi) is 6.83. The van der Waals surface area contributed by atoms with Gasteiger partial charge in [-0.3, -0.25) is 0 Å². The van der Waals surface area contributed by atoms with Gasteiger partial charge in [0.1, 0.15) is 34.0 Å². The molecule has 3 aromatic rings. The highest BCUT2D eigenvalue weighted by atomic mass is 19.4. The summed E-state index contributed by atoms with van der Waals surface area (Å²) in [6, 6.07) is 1.47. The van der Waals surface area contributed by atoms with E-state index in [2.05, 4.69) is 9.47 Å². The Balaban J connectivity index is 2.25. The van der Waals surface area contributed by atoms with Crippen LogP contribution in [0.4, 0.5) is 64.1 Å². The van der Waals surface area contributed by atoms with Crippen molar-refractivity contribution in [1.82, 2.24) is 0 Å². The van der Waals surface area contributed by atoms with E-state index in [-0.39, 0.29) is 12.1 Å². The molecule has 4 nitrogen and oxygen atoms in total. The molecule has 0 amide bonds. The number of benzene rings is 3. The Bertz CT molecular complexity index is 1350. The summed E-state index contributed by atoms with van der Waals surface area (Å²) in [5, 5.41) is 0. The summed E-state index contributed by atoms with van der Waals surface area (Å²) in [5.74, 6) is -12.7. The molecule has 0 fully saturated rings. The van der Waals surface area contributed by atoms with Gasteiger partial charge in [-0.05, 0) is 24.3 Å². The summed E-state index contributed by atoms with van der Waals surface area (Å²) in [6.45, 7) is 0. The molecule has 0 aromatic heterocycles. The van der Waals surface area contributed by atoms with Gasteiger partial charge < -0.3 is 20.9 Å². The second-order valence-electron chi connectivity index (χ2n) is 7.16. The van der Waals surface area contributed by atoms with Gasteiger partial charge in [-0.1, -0.05) is 0 Å². The van der Waals surface area contributed by atoms with Crippen molar-refractivity contribution in [1.29, 1.82) is 0 Å². The molecular formula is C21H10F12N2O2. The Morgan fingerprint density at radius 2 is 0.919 bits per heavy atom. The first-order valence-corrected chi connectivity index (χ1v) is 9.39. The van der Waals surface area contributed by atoms with Gasteiger partial charge in [-0.2, -0.15) is 39.5 Å². The van der Waals surface area contributed by atoms with Crippen LogP contribution in [0.2, 0.25) is 0 Å². The molecular weight excluding hydrogens is 540 g/mol. The maximum atomic E-state index is 14.5. The Morgan fingerprint density at radius 1 is 0.514 bits per heavy atom. The second kappa shape index (κ2) is 9.15. The summed E-state index contributed by atoms with van der Waals surface area (Å²) < 4.78 is 173. The van der Waals surface area contributed by atoms with Crippen molar-refractivity contribution in [2.75, 3.05) is 11.5 Å². The van der Waals surface area contributed by atoms with Crippen LogP contribution in [0.25, 0.3) is 0 Å². The molecule has 16 heteroatoms. The van der Waals surface area contributed by atoms with Crippen molar-refractivity contribution >= 4 is 11.4 Å². The van der Waals surface area contributed by atoms with E-state index in [0.717, 1.165) is 0 Å². The van der Waals surface area contributed by atoms with Crippen molar-refractivity contribution in [3.8, 4) is 23.0 Å². The molecule has 4 N–H and O–H groups in total. The zero-order valence-electron chi connectivity index (χ0n) is 17.5. The fourth-order valence-corrected chi connectivity index (χ4v) is 3.13. The third-order valence-corrected chi connectivity index (χ3v) is 4.59. The van der Waals surface area contributed by atoms with Gasteiger partial charge >= 0.3 is 18.5 Å². The quantitative estimate of drug-likeness (QED) is 0.256. The van der Waals surface area contributed by atoms with Gasteiger partial charge in [0.15, 0.2) is 23.1 Å². The lowest BCUT2D eigenvalue weighted by atomic mass is 10.1. The van der Waals surface area contributed by atoms with Gasteiger partial charge in [0, 0.05) is 23.5 Å². The first-order valence-electron chi connectivity index (χ1n) is 9.39. The van der Waals surface area contributed by atoms with E-state index in [1.165, 1.54) is 0 Å². The summed E-state index contributed by atoms with van der Waals surface area (Å²) in [7, 11) is 0. The van der Waals surface area contributed by atoms with E-state index in [1.807, 2.05) is 0 Å². The number of hydrogen-bond donors (Lipinski definition) is 2. The number of anilines is 2. The molecule has 0 unspecified atom stereocenters. The molecule has 0 saturated carbocycles. The number of nitrogens with two attached hydrogens (primary N) is 2. The number of halogens is 12. The monoisotopic (exact) mass is 550 g/mol. The predicted molar refractivity (Wildman–Crippen MR) is 103 cm³/mol. The van der Waals surface area contributed by atoms with Crippen LogP contribution in [-0.2, 0) is 18.5 Å². The van der Waals surface area contributed by atoms with Crippen LogP contribution >= 0.6 is 0 Å². The van der Waals surface area contributed by atoms with Crippen LogP contribution in [0, 0.1) is 17.5 Å². The minimum absolute atomic E-state index is 0.0164. The van der Waals surface area contributed by atoms with Crippen molar-refractivity contribution in [2.24, 2.45) is 0 Å². The molecule has 3 aromatic carbocycles. The Hall–Kier alpha value is -3.98. The molecule has 0 aliphatic rings. The topological polar surface area (TPSA) is 70.5 Å². The molecule has 0 aliphatic carbocycles. The smallest absolute Gasteiger partial charge is 0.422 e. The third kappa shape index (κ3) is 5.56. The molecule has 0 aliphatic heterocycles. The normalized spacial score (nSPS) is 12.5. The lowest BCUT2D eigenvalue weighted by Crippen LogP contribution is -2.15. The highest BCUT2D eigenvalue weighted by Gasteiger charge is 2.43. The molecule has 200 valence electrons. The maximum Gasteiger partial charge on any atom is 0.422 e. The summed E-state index contributed by atoms with van der Waals surface area (Å²) in [4.78, 5) is 0. The van der Waals surface area contributed by atoms with Crippen LogP contribution in [0.3, 0.4) is 0 Å². The predicted octanol–water partition coefficient (Wildman–Crippen LogP) is 7.91. The van der Waals surface area contributed by atoms with E-state index < -0.39 is 87.0 Å². The number of rotatable bonds is 4. The van der Waals surface area contributed by atoms with Crippen LogP contribution in [-0.4, -0.2) is 0 Å². The van der Waals surface area contributed by atoms with Crippen molar-refractivity contribution < 1.29 is 62.2 Å². The van der Waals surface area contributed by atoms with Crippen molar-refractivity contribution in [2.45, 2.75) is 18.5 Å². The van der Waals surface area contributed by atoms with E-state index in [9.17, 15) is 52.7 Å². The first-order chi connectivity index (χ1) is 16.8. The third-order valence-electron chi connectivity index (χ3n) is 4.59. The standard InChI is InChI=1S/C21H10F12N2O2/c22-8-1-3-11(34)15(20(28,29)30)17(8)36-7-5-10(24)14(19(25,26)27)13(6-7)37-18-9(23)2-4-12(35)16(18)21(31,32)33/h1-6H,34-35H2. The van der Waals surface area contributed by atoms with Crippen LogP contribution in [0.5, 0.6) is 23.0 Å². The number of ether oxygens (including phenoxy) is 2. The largest absolute Gasteiger partial charge is 0.453 e. The van der Waals surface area contributed by atoms with Crippen LogP contribution < -0.4 is 20.9 Å². The molecule has 0 spiro atoms. The molecule has 3 rings (SSSR count). The molecule has 37 heavy (non-hydrogen) atoms. The lowest BCUT2D eigenvalue weighted by Gasteiger charge is -2.21. The Labute approximate surface area is 198 Å². The second-order valence-corrected chi connectivity index (χ2v) is 7.16. The zero-order chi connectivity index (χ0) is 28.1. The molecule has 0 radical (unpaired) electrons. The van der Waals surface area contributed by atoms with E-state index >= 15 is 0 Å². The molecule has 0 heterocycles. The van der Waals surface area contributed by atoms with Gasteiger partial charge in [-0.15, -0.1) is 0 Å². The molecule has 0 atom stereocenters. The number of hydrogen-bond acceptors (Lipinski definition) is 4. The highest BCUT2D eigenvalue weighted by molar-refractivity contribution is 5.60. The summed E-state index contributed by atoms with van der Waals surface area (Å²) >= 11 is 0. The zero-order valence-corrected chi connectivity index (χ0v) is 17.5. The van der Waals surface area contributed by atoms with Gasteiger partial charge in [0.25, 0.3) is 0 Å². The van der Waals surface area contributed by atoms with E-state index in [4.69, 9.17) is 11.5 Å². The first kappa shape index (κ1) is 27.6. The van der Waals surface area contributed by atoms with Crippen LogP contribution in [0.15, 0.2) is 36.4 Å². The highest BCUT2D eigenvalue weighted by Crippen LogP contribution is 2.49. The fourth-order valence-electron chi connectivity index (χ4n) is 3.13. The van der Waals surface area contributed by atoms with Crippen LogP contribution in [0.1, 0.15) is 16.7 Å². The average Bonchev–Trinajstić information content (AvgIpc) is 2.70. The number of alkyl halides is 9. The van der Waals surface area contributed by atoms with Gasteiger partial charge in [-0.25, -0.2) is 13.2 Å². The summed E-state index contributed by atoms with van der Waals surface area (Å²) in [6.07, 6.45) is -16.5. The molecule has 0 bridgehead atoms. The minimum atomic E-state index is -5.67. The minimum Gasteiger partial charge on any atom is -0.453 e. The van der Waals surface area contributed by atoms with E-state index in [1.54, 1.807) is 0 Å².